The van der Waals surface area contributed by atoms with Crippen LogP contribution in [0.2, 0.25) is 0 Å². The molecular formula is C16H27NO. The molecule has 1 N–H and O–H groups in total. The van der Waals surface area contributed by atoms with E-state index in [2.05, 4.69) is 50.4 Å². The molecule has 0 aliphatic carbocycles. The number of rotatable bonds is 7. The summed E-state index contributed by atoms with van der Waals surface area (Å²) in [4.78, 5) is 0. The van der Waals surface area contributed by atoms with Crippen LogP contribution in [0.3, 0.4) is 0 Å². The van der Waals surface area contributed by atoms with Gasteiger partial charge in [-0.05, 0) is 43.9 Å². The van der Waals surface area contributed by atoms with E-state index >= 15 is 0 Å². The van der Waals surface area contributed by atoms with Crippen molar-refractivity contribution >= 4 is 0 Å². The highest BCUT2D eigenvalue weighted by Gasteiger charge is 2.13. The molecule has 0 saturated heterocycles. The van der Waals surface area contributed by atoms with E-state index in [0.29, 0.717) is 12.0 Å². The monoisotopic (exact) mass is 249 g/mol. The van der Waals surface area contributed by atoms with E-state index in [9.17, 15) is 0 Å². The molecule has 18 heavy (non-hydrogen) atoms. The molecule has 0 heterocycles. The molecule has 0 aliphatic rings. The lowest BCUT2D eigenvalue weighted by Crippen LogP contribution is -2.22. The van der Waals surface area contributed by atoms with Crippen LogP contribution < -0.4 is 5.32 Å². The van der Waals surface area contributed by atoms with E-state index in [1.165, 1.54) is 11.1 Å². The van der Waals surface area contributed by atoms with Gasteiger partial charge in [-0.1, -0.05) is 38.1 Å². The van der Waals surface area contributed by atoms with Crippen molar-refractivity contribution in [2.75, 3.05) is 14.2 Å². The maximum atomic E-state index is 5.36. The highest BCUT2D eigenvalue weighted by molar-refractivity contribution is 5.26. The number of hydrogen-bond acceptors (Lipinski definition) is 2. The van der Waals surface area contributed by atoms with Crippen LogP contribution in [-0.2, 0) is 11.2 Å². The Bertz CT molecular complexity index is 349. The Morgan fingerprint density at radius 1 is 1.22 bits per heavy atom. The number of methoxy groups -OCH3 is 1. The first-order valence-electron chi connectivity index (χ1n) is 6.85. The minimum Gasteiger partial charge on any atom is -0.382 e. The molecule has 102 valence electrons. The quantitative estimate of drug-likeness (QED) is 0.797. The maximum absolute atomic E-state index is 5.36. The summed E-state index contributed by atoms with van der Waals surface area (Å²) in [6.45, 7) is 6.63. The minimum absolute atomic E-state index is 0.274. The summed E-state index contributed by atoms with van der Waals surface area (Å²) in [5.74, 6) is 0.700. The number of benzene rings is 1. The topological polar surface area (TPSA) is 21.3 Å². The molecule has 0 radical (unpaired) electrons. The zero-order chi connectivity index (χ0) is 13.5. The van der Waals surface area contributed by atoms with Gasteiger partial charge in [-0.2, -0.15) is 0 Å². The summed E-state index contributed by atoms with van der Waals surface area (Å²) in [7, 11) is 3.79. The molecule has 2 atom stereocenters. The minimum atomic E-state index is 0.274. The highest BCUT2D eigenvalue weighted by Crippen LogP contribution is 2.21. The molecule has 0 aromatic heterocycles. The van der Waals surface area contributed by atoms with Crippen molar-refractivity contribution in [1.82, 2.24) is 5.32 Å². The SMILES string of the molecule is CNC(CC(C)OC)c1cccc(CC(C)C)c1. The van der Waals surface area contributed by atoms with Crippen LogP contribution in [0.25, 0.3) is 0 Å². The third kappa shape index (κ3) is 4.79. The Morgan fingerprint density at radius 2 is 1.94 bits per heavy atom. The predicted molar refractivity (Wildman–Crippen MR) is 77.9 cm³/mol. The van der Waals surface area contributed by atoms with Gasteiger partial charge in [0.15, 0.2) is 0 Å². The standard InChI is InChI=1S/C16H27NO/c1-12(2)9-14-7-6-8-15(11-14)16(17-4)10-13(3)18-5/h6-8,11-13,16-17H,9-10H2,1-5H3. The molecule has 1 aromatic carbocycles. The molecule has 0 fully saturated rings. The molecule has 1 aromatic rings. The number of hydrogen-bond donors (Lipinski definition) is 1. The van der Waals surface area contributed by atoms with Crippen molar-refractivity contribution in [1.29, 1.82) is 0 Å². The van der Waals surface area contributed by atoms with Crippen LogP contribution in [0.4, 0.5) is 0 Å². The fourth-order valence-corrected chi connectivity index (χ4v) is 2.26. The molecule has 0 bridgehead atoms. The van der Waals surface area contributed by atoms with E-state index in [1.807, 2.05) is 7.05 Å². The van der Waals surface area contributed by atoms with Gasteiger partial charge >= 0.3 is 0 Å². The van der Waals surface area contributed by atoms with E-state index in [4.69, 9.17) is 4.74 Å². The summed E-state index contributed by atoms with van der Waals surface area (Å²) >= 11 is 0. The van der Waals surface area contributed by atoms with Crippen molar-refractivity contribution in [3.05, 3.63) is 35.4 Å². The summed E-state index contributed by atoms with van der Waals surface area (Å²) in [6, 6.07) is 9.27. The number of ether oxygens (including phenoxy) is 1. The lowest BCUT2D eigenvalue weighted by Gasteiger charge is -2.21. The van der Waals surface area contributed by atoms with Gasteiger partial charge in [0.25, 0.3) is 0 Å². The lowest BCUT2D eigenvalue weighted by molar-refractivity contribution is 0.101. The van der Waals surface area contributed by atoms with Crippen LogP contribution in [0, 0.1) is 5.92 Å². The van der Waals surface area contributed by atoms with Gasteiger partial charge in [0.2, 0.25) is 0 Å². The van der Waals surface area contributed by atoms with Crippen LogP contribution in [0.1, 0.15) is 44.4 Å². The fourth-order valence-electron chi connectivity index (χ4n) is 2.26. The molecule has 2 unspecified atom stereocenters. The fraction of sp³-hybridized carbons (Fsp3) is 0.625. The number of nitrogens with one attached hydrogen (secondary N) is 1. The normalized spacial score (nSPS) is 14.8. The molecule has 0 saturated carbocycles. The van der Waals surface area contributed by atoms with Crippen LogP contribution >= 0.6 is 0 Å². The van der Waals surface area contributed by atoms with Crippen LogP contribution in [0.15, 0.2) is 24.3 Å². The van der Waals surface area contributed by atoms with Gasteiger partial charge in [0.05, 0.1) is 6.10 Å². The van der Waals surface area contributed by atoms with Gasteiger partial charge in [-0.25, -0.2) is 0 Å². The zero-order valence-electron chi connectivity index (χ0n) is 12.4. The maximum Gasteiger partial charge on any atom is 0.0561 e. The largest absolute Gasteiger partial charge is 0.382 e. The van der Waals surface area contributed by atoms with Gasteiger partial charge in [0.1, 0.15) is 0 Å². The molecule has 0 spiro atoms. The van der Waals surface area contributed by atoms with Crippen molar-refractivity contribution in [2.24, 2.45) is 5.92 Å². The Labute approximate surface area is 112 Å². The van der Waals surface area contributed by atoms with E-state index < -0.39 is 0 Å². The molecule has 0 aliphatic heterocycles. The smallest absolute Gasteiger partial charge is 0.0561 e. The van der Waals surface area contributed by atoms with Crippen LogP contribution in [0.5, 0.6) is 0 Å². The predicted octanol–water partition coefficient (Wildman–Crippen LogP) is 3.57. The average Bonchev–Trinajstić information content (AvgIpc) is 2.35. The Balaban J connectivity index is 2.79. The second-order valence-electron chi connectivity index (χ2n) is 5.47. The first kappa shape index (κ1) is 15.2. The molecule has 0 amide bonds. The highest BCUT2D eigenvalue weighted by atomic mass is 16.5. The van der Waals surface area contributed by atoms with Crippen molar-refractivity contribution in [2.45, 2.75) is 45.8 Å². The van der Waals surface area contributed by atoms with Crippen LogP contribution in [-0.4, -0.2) is 20.3 Å². The third-order valence-electron chi connectivity index (χ3n) is 3.32. The van der Waals surface area contributed by atoms with E-state index in [1.54, 1.807) is 7.11 Å². The van der Waals surface area contributed by atoms with Gasteiger partial charge in [0, 0.05) is 13.2 Å². The van der Waals surface area contributed by atoms with Gasteiger partial charge in [-0.15, -0.1) is 0 Å². The zero-order valence-corrected chi connectivity index (χ0v) is 12.4. The molecular weight excluding hydrogens is 222 g/mol. The van der Waals surface area contributed by atoms with Crippen molar-refractivity contribution in [3.8, 4) is 0 Å². The first-order chi connectivity index (χ1) is 8.56. The summed E-state index contributed by atoms with van der Waals surface area (Å²) in [6.07, 6.45) is 2.42. The summed E-state index contributed by atoms with van der Waals surface area (Å²) in [5.41, 5.74) is 2.78. The van der Waals surface area contributed by atoms with E-state index in [-0.39, 0.29) is 6.10 Å². The summed E-state index contributed by atoms with van der Waals surface area (Å²) < 4.78 is 5.36. The Morgan fingerprint density at radius 3 is 2.50 bits per heavy atom. The molecule has 2 heteroatoms. The van der Waals surface area contributed by atoms with Gasteiger partial charge in [-0.3, -0.25) is 0 Å². The first-order valence-corrected chi connectivity index (χ1v) is 6.85. The van der Waals surface area contributed by atoms with Crippen molar-refractivity contribution in [3.63, 3.8) is 0 Å². The second kappa shape index (κ2) is 7.55. The molecule has 1 rings (SSSR count). The Kier molecular flexibility index (Phi) is 6.37. The third-order valence-corrected chi connectivity index (χ3v) is 3.32. The molecule has 2 nitrogen and oxygen atoms in total. The average molecular weight is 249 g/mol. The summed E-state index contributed by atoms with van der Waals surface area (Å²) in [5, 5.41) is 3.38. The lowest BCUT2D eigenvalue weighted by atomic mass is 9.96. The van der Waals surface area contributed by atoms with E-state index in [0.717, 1.165) is 12.8 Å². The van der Waals surface area contributed by atoms with Gasteiger partial charge < -0.3 is 10.1 Å². The second-order valence-corrected chi connectivity index (χ2v) is 5.47. The van der Waals surface area contributed by atoms with Crippen molar-refractivity contribution < 1.29 is 4.74 Å². The Hall–Kier alpha value is -0.860.